The zero-order chi connectivity index (χ0) is 24.9. The number of rotatable bonds is 5. The molecule has 0 N–H and O–H groups in total. The Labute approximate surface area is 214 Å². The SMILES string of the molecule is C[C@H]1[C@H](OC(=O)CCN2CCN(c3ccccc3)CC2)OC2O[C@]3(C)CC[C@H]4[C@H](C)CC[C@@H]1C24OO3. The third-order valence-electron chi connectivity index (χ3n) is 9.47. The first-order valence-electron chi connectivity index (χ1n) is 13.8. The van der Waals surface area contributed by atoms with E-state index < -0.39 is 24.0 Å². The average Bonchev–Trinajstić information content (AvgIpc) is 3.12. The Morgan fingerprint density at radius 2 is 1.81 bits per heavy atom. The molecule has 1 saturated carbocycles. The Morgan fingerprint density at radius 1 is 1.03 bits per heavy atom. The van der Waals surface area contributed by atoms with Crippen LogP contribution < -0.4 is 4.90 Å². The molecule has 5 heterocycles. The highest BCUT2D eigenvalue weighted by atomic mass is 17.3. The summed E-state index contributed by atoms with van der Waals surface area (Å²) in [5.74, 6) is -0.0635. The molecule has 8 heteroatoms. The predicted molar refractivity (Wildman–Crippen MR) is 133 cm³/mol. The number of carbonyl (C=O) groups excluding carboxylic acids is 1. The maximum absolute atomic E-state index is 12.9. The maximum atomic E-state index is 12.9. The second kappa shape index (κ2) is 9.55. The Morgan fingerprint density at radius 3 is 2.58 bits per heavy atom. The first-order chi connectivity index (χ1) is 17.4. The molecule has 36 heavy (non-hydrogen) atoms. The molecule has 2 unspecified atom stereocenters. The largest absolute Gasteiger partial charge is 0.435 e. The van der Waals surface area contributed by atoms with Crippen molar-refractivity contribution in [2.75, 3.05) is 37.6 Å². The first-order valence-corrected chi connectivity index (χ1v) is 13.8. The minimum absolute atomic E-state index is 0.00396. The number of ether oxygens (including phenoxy) is 3. The summed E-state index contributed by atoms with van der Waals surface area (Å²) >= 11 is 0. The van der Waals surface area contributed by atoms with Gasteiger partial charge in [0, 0.05) is 56.7 Å². The van der Waals surface area contributed by atoms with E-state index >= 15 is 0 Å². The van der Waals surface area contributed by atoms with Gasteiger partial charge in [0.05, 0.1) is 6.42 Å². The van der Waals surface area contributed by atoms with Gasteiger partial charge in [0.1, 0.15) is 0 Å². The zero-order valence-corrected chi connectivity index (χ0v) is 21.8. The summed E-state index contributed by atoms with van der Waals surface area (Å²) in [6.07, 6.45) is 3.02. The molecular weight excluding hydrogens is 460 g/mol. The lowest BCUT2D eigenvalue weighted by Gasteiger charge is -2.59. The fourth-order valence-electron chi connectivity index (χ4n) is 7.31. The van der Waals surface area contributed by atoms with Crippen molar-refractivity contribution in [2.45, 2.75) is 76.8 Å². The van der Waals surface area contributed by atoms with E-state index in [1.165, 1.54) is 5.69 Å². The standard InChI is InChI=1S/C28H40N2O6/c1-19-9-10-23-20(2)25(33-26-28(23)22(19)11-13-27(3,34-26)35-36-28)32-24(31)12-14-29-15-17-30(18-16-29)21-7-5-4-6-8-21/h4-8,19-20,22-23,25-26H,9-18H2,1-3H3/t19-,20-,22+,23+,25-,26?,27+,28?/m1/s1. The third-order valence-corrected chi connectivity index (χ3v) is 9.47. The summed E-state index contributed by atoms with van der Waals surface area (Å²) in [6, 6.07) is 10.5. The van der Waals surface area contributed by atoms with Crippen LogP contribution in [0.15, 0.2) is 30.3 Å². The van der Waals surface area contributed by atoms with E-state index in [2.05, 4.69) is 47.9 Å². The van der Waals surface area contributed by atoms with Crippen molar-refractivity contribution in [1.82, 2.24) is 4.90 Å². The molecule has 0 aromatic heterocycles. The van der Waals surface area contributed by atoms with Gasteiger partial charge >= 0.3 is 5.97 Å². The van der Waals surface area contributed by atoms with Gasteiger partial charge in [-0.3, -0.25) is 9.69 Å². The average molecular weight is 501 g/mol. The number of benzene rings is 1. The molecule has 8 nitrogen and oxygen atoms in total. The molecule has 1 aliphatic carbocycles. The van der Waals surface area contributed by atoms with Gasteiger partial charge in [-0.25, -0.2) is 9.78 Å². The summed E-state index contributed by atoms with van der Waals surface area (Å²) in [5, 5.41) is 0. The van der Waals surface area contributed by atoms with Gasteiger partial charge in [-0.2, -0.15) is 0 Å². The number of nitrogens with zero attached hydrogens (tertiary/aromatic N) is 2. The van der Waals surface area contributed by atoms with Gasteiger partial charge in [-0.1, -0.05) is 32.0 Å². The Hall–Kier alpha value is -1.71. The lowest BCUT2D eigenvalue weighted by Crippen LogP contribution is -2.70. The fourth-order valence-corrected chi connectivity index (χ4v) is 7.31. The molecule has 6 fully saturated rings. The molecule has 2 bridgehead atoms. The Kier molecular flexibility index (Phi) is 6.53. The van der Waals surface area contributed by atoms with Crippen LogP contribution in [0.4, 0.5) is 5.69 Å². The number of anilines is 1. The second-order valence-corrected chi connectivity index (χ2v) is 11.7. The quantitative estimate of drug-likeness (QED) is 0.445. The summed E-state index contributed by atoms with van der Waals surface area (Å²) in [7, 11) is 0. The summed E-state index contributed by atoms with van der Waals surface area (Å²) in [4.78, 5) is 29.7. The first kappa shape index (κ1) is 24.6. The molecular formula is C28H40N2O6. The minimum Gasteiger partial charge on any atom is -0.435 e. The van der Waals surface area contributed by atoms with Crippen molar-refractivity contribution < 1.29 is 28.8 Å². The highest BCUT2D eigenvalue weighted by molar-refractivity contribution is 5.69. The molecule has 0 amide bonds. The highest BCUT2D eigenvalue weighted by Gasteiger charge is 2.69. The van der Waals surface area contributed by atoms with Gasteiger partial charge in [0.15, 0.2) is 11.9 Å². The van der Waals surface area contributed by atoms with Crippen LogP contribution in [-0.4, -0.2) is 67.6 Å². The van der Waals surface area contributed by atoms with Crippen molar-refractivity contribution in [3.05, 3.63) is 30.3 Å². The van der Waals surface area contributed by atoms with E-state index in [0.29, 0.717) is 24.8 Å². The molecule has 5 saturated heterocycles. The van der Waals surface area contributed by atoms with Gasteiger partial charge < -0.3 is 19.1 Å². The van der Waals surface area contributed by atoms with E-state index in [9.17, 15) is 4.79 Å². The van der Waals surface area contributed by atoms with E-state index in [4.69, 9.17) is 24.0 Å². The Balaban J connectivity index is 1.06. The van der Waals surface area contributed by atoms with Gasteiger partial charge in [0.2, 0.25) is 12.1 Å². The van der Waals surface area contributed by atoms with Crippen molar-refractivity contribution in [1.29, 1.82) is 0 Å². The van der Waals surface area contributed by atoms with E-state index in [1.807, 2.05) is 13.0 Å². The predicted octanol–water partition coefficient (Wildman–Crippen LogP) is 3.95. The molecule has 7 rings (SSSR count). The molecule has 5 aliphatic heterocycles. The number of piperazine rings is 1. The van der Waals surface area contributed by atoms with E-state index in [0.717, 1.165) is 51.9 Å². The third kappa shape index (κ3) is 4.25. The van der Waals surface area contributed by atoms with Gasteiger partial charge in [0.25, 0.3) is 0 Å². The smallest absolute Gasteiger partial charge is 0.309 e. The summed E-state index contributed by atoms with van der Waals surface area (Å²) in [6.45, 7) is 10.8. The fraction of sp³-hybridized carbons (Fsp3) is 0.750. The van der Waals surface area contributed by atoms with Crippen molar-refractivity contribution in [2.24, 2.45) is 23.7 Å². The molecule has 1 aromatic rings. The minimum atomic E-state index is -0.825. The molecule has 0 radical (unpaired) electrons. The molecule has 1 spiro atoms. The maximum Gasteiger partial charge on any atom is 0.309 e. The molecule has 6 aliphatic rings. The summed E-state index contributed by atoms with van der Waals surface area (Å²) < 4.78 is 18.7. The lowest BCUT2D eigenvalue weighted by atomic mass is 9.58. The summed E-state index contributed by atoms with van der Waals surface area (Å²) in [5.41, 5.74) is 0.629. The van der Waals surface area contributed by atoms with Crippen LogP contribution in [0.25, 0.3) is 0 Å². The molecule has 8 atom stereocenters. The zero-order valence-electron chi connectivity index (χ0n) is 21.8. The van der Waals surface area contributed by atoms with Crippen LogP contribution in [0.2, 0.25) is 0 Å². The van der Waals surface area contributed by atoms with Crippen LogP contribution in [0, 0.1) is 23.7 Å². The topological polar surface area (TPSA) is 69.7 Å². The second-order valence-electron chi connectivity index (χ2n) is 11.7. The number of para-hydroxylation sites is 1. The lowest BCUT2D eigenvalue weighted by molar-refractivity contribution is -0.576. The van der Waals surface area contributed by atoms with Crippen molar-refractivity contribution in [3.63, 3.8) is 0 Å². The van der Waals surface area contributed by atoms with Crippen LogP contribution >= 0.6 is 0 Å². The van der Waals surface area contributed by atoms with Gasteiger partial charge in [-0.15, -0.1) is 0 Å². The van der Waals surface area contributed by atoms with Gasteiger partial charge in [-0.05, 0) is 50.2 Å². The van der Waals surface area contributed by atoms with Crippen molar-refractivity contribution >= 4 is 11.7 Å². The van der Waals surface area contributed by atoms with Crippen LogP contribution in [0.3, 0.4) is 0 Å². The molecule has 1 aromatic carbocycles. The van der Waals surface area contributed by atoms with Crippen LogP contribution in [0.1, 0.15) is 52.9 Å². The number of esters is 1. The number of hydrogen-bond donors (Lipinski definition) is 0. The van der Waals surface area contributed by atoms with E-state index in [-0.39, 0.29) is 17.8 Å². The normalized spacial score (nSPS) is 42.5. The van der Waals surface area contributed by atoms with Crippen LogP contribution in [0.5, 0.6) is 0 Å². The van der Waals surface area contributed by atoms with E-state index in [1.54, 1.807) is 0 Å². The number of carbonyl (C=O) groups is 1. The Bertz CT molecular complexity index is 939. The molecule has 198 valence electrons. The van der Waals surface area contributed by atoms with Crippen LogP contribution in [-0.2, 0) is 28.8 Å². The monoisotopic (exact) mass is 500 g/mol. The van der Waals surface area contributed by atoms with Crippen molar-refractivity contribution in [3.8, 4) is 0 Å². The highest BCUT2D eigenvalue weighted by Crippen LogP contribution is 2.60. The number of fused-ring (bicyclic) bond motifs is 2. The number of hydrogen-bond acceptors (Lipinski definition) is 8.